The number of primary amides is 2. The predicted molar refractivity (Wildman–Crippen MR) is 75.8 cm³/mol. The summed E-state index contributed by atoms with van der Waals surface area (Å²) in [6.45, 7) is 0.967. The third kappa shape index (κ3) is 6.60. The largest absolute Gasteiger partial charge is 0.494 e. The van der Waals surface area contributed by atoms with Gasteiger partial charge in [0.25, 0.3) is 0 Å². The highest BCUT2D eigenvalue weighted by Gasteiger charge is 2.10. The van der Waals surface area contributed by atoms with Crippen LogP contribution in [0.3, 0.4) is 0 Å². The number of benzene rings is 1. The summed E-state index contributed by atoms with van der Waals surface area (Å²) in [6.07, 6.45) is 0.644. The highest BCUT2D eigenvalue weighted by atomic mass is 16.5. The van der Waals surface area contributed by atoms with Gasteiger partial charge >= 0.3 is 0 Å². The molecule has 0 heterocycles. The van der Waals surface area contributed by atoms with Crippen LogP contribution in [-0.2, 0) is 9.59 Å². The first-order chi connectivity index (χ1) is 9.47. The number of hydrogen-bond acceptors (Lipinski definition) is 5. The SMILES string of the molecule is NC(=O)CN(CCCOc1ccc(N)cc1)CC(N)=O. The molecule has 0 unspecified atom stereocenters. The summed E-state index contributed by atoms with van der Waals surface area (Å²) in [5.74, 6) is -0.271. The van der Waals surface area contributed by atoms with Gasteiger partial charge in [0.05, 0.1) is 19.7 Å². The van der Waals surface area contributed by atoms with E-state index in [1.807, 2.05) is 0 Å². The van der Waals surface area contributed by atoms with Crippen LogP contribution < -0.4 is 21.9 Å². The number of anilines is 1. The quantitative estimate of drug-likeness (QED) is 0.408. The lowest BCUT2D eigenvalue weighted by Gasteiger charge is -2.18. The van der Waals surface area contributed by atoms with E-state index in [9.17, 15) is 9.59 Å². The van der Waals surface area contributed by atoms with E-state index in [1.165, 1.54) is 0 Å². The van der Waals surface area contributed by atoms with Crippen molar-refractivity contribution in [2.45, 2.75) is 6.42 Å². The number of hydrogen-bond donors (Lipinski definition) is 3. The third-order valence-electron chi connectivity index (χ3n) is 2.53. The molecule has 0 spiro atoms. The van der Waals surface area contributed by atoms with Crippen molar-refractivity contribution in [3.8, 4) is 5.75 Å². The van der Waals surface area contributed by atoms with Crippen LogP contribution in [-0.4, -0.2) is 43.0 Å². The second-order valence-corrected chi connectivity index (χ2v) is 4.41. The predicted octanol–water partition coefficient (Wildman–Crippen LogP) is -0.690. The van der Waals surface area contributed by atoms with Gasteiger partial charge in [-0.2, -0.15) is 0 Å². The monoisotopic (exact) mass is 280 g/mol. The number of nitrogens with zero attached hydrogens (tertiary/aromatic N) is 1. The molecule has 110 valence electrons. The second-order valence-electron chi connectivity index (χ2n) is 4.41. The number of ether oxygens (including phenoxy) is 1. The van der Waals surface area contributed by atoms with Crippen molar-refractivity contribution < 1.29 is 14.3 Å². The average Bonchev–Trinajstić information content (AvgIpc) is 2.35. The Kier molecular flexibility index (Phi) is 6.31. The maximum atomic E-state index is 10.9. The Morgan fingerprint density at radius 2 is 1.60 bits per heavy atom. The van der Waals surface area contributed by atoms with Gasteiger partial charge in [0.1, 0.15) is 5.75 Å². The summed E-state index contributed by atoms with van der Waals surface area (Å²) in [6, 6.07) is 7.06. The number of nitrogen functional groups attached to an aromatic ring is 1. The van der Waals surface area contributed by atoms with Crippen molar-refractivity contribution in [3.05, 3.63) is 24.3 Å². The highest BCUT2D eigenvalue weighted by molar-refractivity contribution is 5.79. The van der Waals surface area contributed by atoms with Crippen LogP contribution >= 0.6 is 0 Å². The first-order valence-electron chi connectivity index (χ1n) is 6.24. The molecule has 6 N–H and O–H groups in total. The second kappa shape index (κ2) is 8.00. The average molecular weight is 280 g/mol. The molecule has 0 atom stereocenters. The molecule has 2 amide bonds. The van der Waals surface area contributed by atoms with Crippen molar-refractivity contribution in [1.82, 2.24) is 4.90 Å². The first kappa shape index (κ1) is 15.8. The van der Waals surface area contributed by atoms with Crippen LogP contribution in [0, 0.1) is 0 Å². The Bertz CT molecular complexity index is 431. The lowest BCUT2D eigenvalue weighted by Crippen LogP contribution is -2.40. The van der Waals surface area contributed by atoms with Gasteiger partial charge in [-0.3, -0.25) is 14.5 Å². The smallest absolute Gasteiger partial charge is 0.231 e. The van der Waals surface area contributed by atoms with Gasteiger partial charge < -0.3 is 21.9 Å². The minimum absolute atomic E-state index is 0.00477. The Hall–Kier alpha value is -2.28. The molecule has 0 aliphatic heterocycles. The van der Waals surface area contributed by atoms with E-state index in [2.05, 4.69) is 0 Å². The van der Waals surface area contributed by atoms with E-state index in [1.54, 1.807) is 29.2 Å². The number of carbonyl (C=O) groups is 2. The summed E-state index contributed by atoms with van der Waals surface area (Å²) in [4.78, 5) is 23.3. The van der Waals surface area contributed by atoms with E-state index >= 15 is 0 Å². The van der Waals surface area contributed by atoms with E-state index in [4.69, 9.17) is 21.9 Å². The normalized spacial score (nSPS) is 10.4. The Balaban J connectivity index is 2.30. The van der Waals surface area contributed by atoms with Crippen LogP contribution in [0.25, 0.3) is 0 Å². The molecule has 7 heteroatoms. The van der Waals surface area contributed by atoms with Crippen LogP contribution in [0.15, 0.2) is 24.3 Å². The van der Waals surface area contributed by atoms with Gasteiger partial charge in [-0.05, 0) is 30.7 Å². The van der Waals surface area contributed by atoms with E-state index in [-0.39, 0.29) is 13.1 Å². The van der Waals surface area contributed by atoms with Gasteiger partial charge in [0, 0.05) is 12.2 Å². The molecule has 20 heavy (non-hydrogen) atoms. The highest BCUT2D eigenvalue weighted by Crippen LogP contribution is 2.13. The molecule has 0 bridgehead atoms. The Morgan fingerprint density at radius 3 is 2.10 bits per heavy atom. The van der Waals surface area contributed by atoms with Crippen molar-refractivity contribution in [3.63, 3.8) is 0 Å². The van der Waals surface area contributed by atoms with Crippen molar-refractivity contribution >= 4 is 17.5 Å². The van der Waals surface area contributed by atoms with Crippen LogP contribution in [0.1, 0.15) is 6.42 Å². The van der Waals surface area contributed by atoms with Gasteiger partial charge in [-0.25, -0.2) is 0 Å². The molecule has 0 aromatic heterocycles. The topological polar surface area (TPSA) is 125 Å². The van der Waals surface area contributed by atoms with Gasteiger partial charge in [-0.1, -0.05) is 0 Å². The molecule has 0 radical (unpaired) electrons. The van der Waals surface area contributed by atoms with Crippen LogP contribution in [0.5, 0.6) is 5.75 Å². The molecule has 1 rings (SSSR count). The van der Waals surface area contributed by atoms with Crippen LogP contribution in [0.2, 0.25) is 0 Å². The zero-order valence-corrected chi connectivity index (χ0v) is 11.2. The Morgan fingerprint density at radius 1 is 1.05 bits per heavy atom. The molecular formula is C13H20N4O3. The zero-order valence-electron chi connectivity index (χ0n) is 11.2. The summed E-state index contributed by atoms with van der Waals surface area (Å²) in [7, 11) is 0. The molecule has 0 saturated heterocycles. The zero-order chi connectivity index (χ0) is 15.0. The van der Waals surface area contributed by atoms with Gasteiger partial charge in [-0.15, -0.1) is 0 Å². The van der Waals surface area contributed by atoms with Crippen LogP contribution in [0.4, 0.5) is 5.69 Å². The fourth-order valence-electron chi connectivity index (χ4n) is 1.70. The minimum atomic E-state index is -0.495. The van der Waals surface area contributed by atoms with Gasteiger partial charge in [0.15, 0.2) is 0 Å². The summed E-state index contributed by atoms with van der Waals surface area (Å²) in [5, 5.41) is 0. The standard InChI is InChI=1S/C13H20N4O3/c14-10-2-4-11(5-3-10)20-7-1-6-17(8-12(15)18)9-13(16)19/h2-5H,1,6-9,14H2,(H2,15,18)(H2,16,19). The summed E-state index contributed by atoms with van der Waals surface area (Å²) < 4.78 is 5.51. The Labute approximate surface area is 117 Å². The molecular weight excluding hydrogens is 260 g/mol. The maximum Gasteiger partial charge on any atom is 0.231 e. The molecule has 1 aromatic rings. The number of nitrogens with two attached hydrogens (primary N) is 3. The number of carbonyl (C=O) groups excluding carboxylic acids is 2. The first-order valence-corrected chi connectivity index (χ1v) is 6.24. The van der Waals surface area contributed by atoms with Crippen molar-refractivity contribution in [1.29, 1.82) is 0 Å². The maximum absolute atomic E-state index is 10.9. The van der Waals surface area contributed by atoms with E-state index in [0.717, 1.165) is 5.75 Å². The number of rotatable bonds is 9. The third-order valence-corrected chi connectivity index (χ3v) is 2.53. The fourth-order valence-corrected chi connectivity index (χ4v) is 1.70. The summed E-state index contributed by atoms with van der Waals surface area (Å²) >= 11 is 0. The fraction of sp³-hybridized carbons (Fsp3) is 0.385. The lowest BCUT2D eigenvalue weighted by molar-refractivity contribution is -0.121. The van der Waals surface area contributed by atoms with Gasteiger partial charge in [0.2, 0.25) is 11.8 Å². The molecule has 0 aliphatic rings. The molecule has 0 saturated carbocycles. The summed E-state index contributed by atoms with van der Waals surface area (Å²) in [5.41, 5.74) is 16.4. The molecule has 1 aromatic carbocycles. The van der Waals surface area contributed by atoms with Crippen molar-refractivity contribution in [2.24, 2.45) is 11.5 Å². The molecule has 7 nitrogen and oxygen atoms in total. The van der Waals surface area contributed by atoms with E-state index in [0.29, 0.717) is 25.3 Å². The minimum Gasteiger partial charge on any atom is -0.494 e. The van der Waals surface area contributed by atoms with E-state index < -0.39 is 11.8 Å². The lowest BCUT2D eigenvalue weighted by atomic mass is 10.3. The number of amides is 2. The molecule has 0 aliphatic carbocycles. The van der Waals surface area contributed by atoms with Crippen molar-refractivity contribution in [2.75, 3.05) is 32.0 Å². The molecule has 0 fully saturated rings.